The van der Waals surface area contributed by atoms with Crippen LogP contribution >= 0.6 is 0 Å². The van der Waals surface area contributed by atoms with Crippen molar-refractivity contribution in [2.45, 2.75) is 26.2 Å². The van der Waals surface area contributed by atoms with Gasteiger partial charge in [0.25, 0.3) is 0 Å². The van der Waals surface area contributed by atoms with Gasteiger partial charge in [0.2, 0.25) is 0 Å². The maximum Gasteiger partial charge on any atom is 0.337 e. The first-order valence-corrected chi connectivity index (χ1v) is 6.67. The van der Waals surface area contributed by atoms with Crippen LogP contribution in [0.1, 0.15) is 35.7 Å². The Bertz CT molecular complexity index is 416. The summed E-state index contributed by atoms with van der Waals surface area (Å²) in [6, 6.07) is 5.45. The number of anilines is 1. The number of benzene rings is 1. The van der Waals surface area contributed by atoms with E-state index >= 15 is 0 Å². The number of carboxylic acids is 1. The summed E-state index contributed by atoms with van der Waals surface area (Å²) in [5.41, 5.74) is 2.17. The fraction of sp³-hybridized carbons (Fsp3) is 0.533. The molecule has 0 atom stereocenters. The smallest absolute Gasteiger partial charge is 0.337 e. The number of ether oxygens (including phenoxy) is 1. The van der Waals surface area contributed by atoms with Crippen molar-refractivity contribution in [1.29, 1.82) is 0 Å². The van der Waals surface area contributed by atoms with Gasteiger partial charge < -0.3 is 14.7 Å². The lowest BCUT2D eigenvalue weighted by atomic mass is 10.1. The third-order valence-corrected chi connectivity index (χ3v) is 2.95. The van der Waals surface area contributed by atoms with Gasteiger partial charge in [-0.05, 0) is 30.5 Å². The zero-order valence-electron chi connectivity index (χ0n) is 12.0. The molecule has 0 saturated carbocycles. The number of nitrogens with zero attached hydrogens (tertiary/aromatic N) is 1. The van der Waals surface area contributed by atoms with E-state index in [1.807, 2.05) is 31.1 Å². The van der Waals surface area contributed by atoms with E-state index in [0.29, 0.717) is 12.2 Å². The van der Waals surface area contributed by atoms with E-state index in [9.17, 15) is 4.79 Å². The molecule has 0 amide bonds. The van der Waals surface area contributed by atoms with Crippen LogP contribution in [0.15, 0.2) is 18.2 Å². The van der Waals surface area contributed by atoms with E-state index in [0.717, 1.165) is 37.1 Å². The average Bonchev–Trinajstić information content (AvgIpc) is 2.38. The van der Waals surface area contributed by atoms with Crippen molar-refractivity contribution >= 4 is 11.7 Å². The van der Waals surface area contributed by atoms with Crippen LogP contribution in [0.25, 0.3) is 0 Å². The van der Waals surface area contributed by atoms with Gasteiger partial charge in [-0.25, -0.2) is 4.79 Å². The average molecular weight is 265 g/mol. The van der Waals surface area contributed by atoms with Crippen LogP contribution in [0, 0.1) is 0 Å². The fourth-order valence-electron chi connectivity index (χ4n) is 1.82. The number of hydrogen-bond donors (Lipinski definition) is 1. The van der Waals surface area contributed by atoms with E-state index in [1.165, 1.54) is 0 Å². The molecule has 19 heavy (non-hydrogen) atoms. The number of aromatic carboxylic acids is 1. The van der Waals surface area contributed by atoms with Gasteiger partial charge in [0.15, 0.2) is 0 Å². The van der Waals surface area contributed by atoms with Crippen molar-refractivity contribution in [3.05, 3.63) is 29.3 Å². The Hall–Kier alpha value is -1.55. The lowest BCUT2D eigenvalue weighted by Crippen LogP contribution is -2.14. The topological polar surface area (TPSA) is 49.8 Å². The molecule has 0 bridgehead atoms. The second-order valence-electron chi connectivity index (χ2n) is 4.77. The minimum absolute atomic E-state index is 0.334. The molecule has 4 nitrogen and oxygen atoms in total. The number of carbonyl (C=O) groups is 1. The highest BCUT2D eigenvalue weighted by molar-refractivity contribution is 5.94. The molecule has 1 aromatic carbocycles. The summed E-state index contributed by atoms with van der Waals surface area (Å²) in [5.74, 6) is -0.894. The molecule has 4 heteroatoms. The highest BCUT2D eigenvalue weighted by Crippen LogP contribution is 2.21. The molecule has 0 aromatic heterocycles. The van der Waals surface area contributed by atoms with E-state index in [-0.39, 0.29) is 0 Å². The van der Waals surface area contributed by atoms with Crippen molar-refractivity contribution in [2.75, 3.05) is 32.2 Å². The van der Waals surface area contributed by atoms with Crippen molar-refractivity contribution in [3.8, 4) is 0 Å². The minimum atomic E-state index is -0.894. The van der Waals surface area contributed by atoms with E-state index in [2.05, 4.69) is 6.92 Å². The van der Waals surface area contributed by atoms with Crippen LogP contribution in [-0.4, -0.2) is 38.4 Å². The Labute approximate surface area is 115 Å². The lowest BCUT2D eigenvalue weighted by Gasteiger charge is -2.16. The maximum atomic E-state index is 11.1. The normalized spacial score (nSPS) is 10.5. The van der Waals surface area contributed by atoms with E-state index in [4.69, 9.17) is 9.84 Å². The Morgan fingerprint density at radius 2 is 2.05 bits per heavy atom. The molecule has 106 valence electrons. The van der Waals surface area contributed by atoms with Gasteiger partial charge >= 0.3 is 5.97 Å². The Kier molecular flexibility index (Phi) is 6.36. The molecule has 0 heterocycles. The minimum Gasteiger partial charge on any atom is -0.478 e. The number of carboxylic acid groups (broad SMARTS) is 1. The zero-order chi connectivity index (χ0) is 14.3. The SMILES string of the molecule is CCCCOCCc1ccc(C(=O)O)c(N(C)C)c1. The molecular weight excluding hydrogens is 242 g/mol. The summed E-state index contributed by atoms with van der Waals surface area (Å²) in [5, 5.41) is 9.13. The van der Waals surface area contributed by atoms with Crippen LogP contribution in [-0.2, 0) is 11.2 Å². The highest BCUT2D eigenvalue weighted by Gasteiger charge is 2.12. The molecular formula is C15H23NO3. The van der Waals surface area contributed by atoms with Gasteiger partial charge in [-0.15, -0.1) is 0 Å². The number of hydrogen-bond acceptors (Lipinski definition) is 3. The summed E-state index contributed by atoms with van der Waals surface area (Å²) in [4.78, 5) is 12.9. The predicted octanol–water partition coefficient (Wildman–Crippen LogP) is 2.81. The standard InChI is InChI=1S/C15H23NO3/c1-4-5-9-19-10-8-12-6-7-13(15(17)18)14(11-12)16(2)3/h6-7,11H,4-5,8-10H2,1-3H3,(H,17,18). The van der Waals surface area contributed by atoms with Gasteiger partial charge in [0.05, 0.1) is 17.9 Å². The number of rotatable bonds is 8. The summed E-state index contributed by atoms with van der Waals surface area (Å²) in [7, 11) is 3.70. The van der Waals surface area contributed by atoms with Crippen molar-refractivity contribution in [2.24, 2.45) is 0 Å². The second kappa shape index (κ2) is 7.79. The predicted molar refractivity (Wildman–Crippen MR) is 77.2 cm³/mol. The van der Waals surface area contributed by atoms with Crippen molar-refractivity contribution < 1.29 is 14.6 Å². The molecule has 0 fully saturated rings. The molecule has 0 aliphatic rings. The zero-order valence-corrected chi connectivity index (χ0v) is 12.0. The maximum absolute atomic E-state index is 11.1. The largest absolute Gasteiger partial charge is 0.478 e. The summed E-state index contributed by atoms with van der Waals surface area (Å²) in [6.45, 7) is 3.61. The molecule has 0 aliphatic carbocycles. The molecule has 1 aromatic rings. The highest BCUT2D eigenvalue weighted by atomic mass is 16.5. The fourth-order valence-corrected chi connectivity index (χ4v) is 1.82. The lowest BCUT2D eigenvalue weighted by molar-refractivity contribution is 0.0697. The van der Waals surface area contributed by atoms with Gasteiger partial charge in [-0.3, -0.25) is 0 Å². The Balaban J connectivity index is 2.65. The molecule has 0 unspecified atom stereocenters. The van der Waals surface area contributed by atoms with E-state index < -0.39 is 5.97 Å². The van der Waals surface area contributed by atoms with Crippen LogP contribution < -0.4 is 4.90 Å². The summed E-state index contributed by atoms with van der Waals surface area (Å²) >= 11 is 0. The van der Waals surface area contributed by atoms with Gasteiger partial charge in [0.1, 0.15) is 0 Å². The molecule has 0 spiro atoms. The first-order valence-electron chi connectivity index (χ1n) is 6.67. The van der Waals surface area contributed by atoms with E-state index in [1.54, 1.807) is 6.07 Å². The first-order chi connectivity index (χ1) is 9.06. The molecule has 1 N–H and O–H groups in total. The van der Waals surface area contributed by atoms with Gasteiger partial charge in [-0.2, -0.15) is 0 Å². The van der Waals surface area contributed by atoms with Gasteiger partial charge in [-0.1, -0.05) is 19.4 Å². The second-order valence-corrected chi connectivity index (χ2v) is 4.77. The quantitative estimate of drug-likeness (QED) is 0.734. The van der Waals surface area contributed by atoms with Crippen LogP contribution in [0.5, 0.6) is 0 Å². The van der Waals surface area contributed by atoms with Gasteiger partial charge in [0, 0.05) is 20.7 Å². The summed E-state index contributed by atoms with van der Waals surface area (Å²) < 4.78 is 5.53. The van der Waals surface area contributed by atoms with Crippen molar-refractivity contribution in [3.63, 3.8) is 0 Å². The first kappa shape index (κ1) is 15.5. The third kappa shape index (κ3) is 4.91. The Morgan fingerprint density at radius 3 is 2.63 bits per heavy atom. The molecule has 1 rings (SSSR count). The Morgan fingerprint density at radius 1 is 1.32 bits per heavy atom. The van der Waals surface area contributed by atoms with Crippen molar-refractivity contribution in [1.82, 2.24) is 0 Å². The third-order valence-electron chi connectivity index (χ3n) is 2.95. The van der Waals surface area contributed by atoms with Crippen LogP contribution in [0.2, 0.25) is 0 Å². The monoisotopic (exact) mass is 265 g/mol. The van der Waals surface area contributed by atoms with Crippen LogP contribution in [0.3, 0.4) is 0 Å². The van der Waals surface area contributed by atoms with Crippen LogP contribution in [0.4, 0.5) is 5.69 Å². The molecule has 0 saturated heterocycles. The molecule has 0 radical (unpaired) electrons. The number of unbranched alkanes of at least 4 members (excludes halogenated alkanes) is 1. The molecule has 0 aliphatic heterocycles. The summed E-state index contributed by atoms with van der Waals surface area (Å²) in [6.07, 6.45) is 3.03.